The van der Waals surface area contributed by atoms with Crippen molar-refractivity contribution in [3.8, 4) is 10.8 Å². The van der Waals surface area contributed by atoms with Gasteiger partial charge in [-0.3, -0.25) is 9.36 Å². The number of hydrogen-bond acceptors (Lipinski definition) is 6. The monoisotopic (exact) mass is 472 g/mol. The molecule has 0 radical (unpaired) electrons. The number of carbonyl (C=O) groups excluding carboxylic acids is 2. The van der Waals surface area contributed by atoms with Crippen molar-refractivity contribution in [3.05, 3.63) is 77.0 Å². The van der Waals surface area contributed by atoms with Gasteiger partial charge in [-0.25, -0.2) is 18.6 Å². The number of alkyl halides is 2. The Morgan fingerprint density at radius 3 is 2.64 bits per heavy atom. The molecule has 0 amide bonds. The first-order valence-corrected chi connectivity index (χ1v) is 10.7. The van der Waals surface area contributed by atoms with Gasteiger partial charge in [0, 0.05) is 22.8 Å². The molecule has 0 bridgehead atoms. The van der Waals surface area contributed by atoms with Gasteiger partial charge in [0.05, 0.1) is 18.1 Å². The number of aldehydes is 1. The molecular formula is C24H22F2N2O4S. The molecule has 0 aliphatic rings. The largest absolute Gasteiger partial charge is 0.484 e. The van der Waals surface area contributed by atoms with E-state index < -0.39 is 18.5 Å². The predicted molar refractivity (Wildman–Crippen MR) is 124 cm³/mol. The number of hydrogen-bond donors (Lipinski definition) is 0. The third-order valence-corrected chi connectivity index (χ3v) is 6.01. The Labute approximate surface area is 193 Å². The Hall–Kier alpha value is -3.59. The number of methoxy groups -OCH3 is 1. The number of fused-ring (bicyclic) bond motifs is 1. The Bertz CT molecular complexity index is 1260. The summed E-state index contributed by atoms with van der Waals surface area (Å²) in [6.45, 7) is 6.73. The molecule has 0 fully saturated rings. The normalized spacial score (nSPS) is 13.3. The topological polar surface area (TPSA) is 70.4 Å². The second-order valence-electron chi connectivity index (χ2n) is 6.91. The van der Waals surface area contributed by atoms with Crippen LogP contribution in [-0.2, 0) is 4.74 Å². The minimum absolute atomic E-state index is 0.171. The van der Waals surface area contributed by atoms with Crippen LogP contribution in [0.1, 0.15) is 33.9 Å². The number of aromatic nitrogens is 2. The molecule has 172 valence electrons. The molecule has 3 rings (SSSR count). The summed E-state index contributed by atoms with van der Waals surface area (Å²) in [6.07, 6.45) is 2.98. The summed E-state index contributed by atoms with van der Waals surface area (Å²) in [6, 6.07) is 6.68. The van der Waals surface area contributed by atoms with Gasteiger partial charge in [-0.05, 0) is 32.0 Å². The molecule has 0 spiro atoms. The van der Waals surface area contributed by atoms with E-state index in [2.05, 4.69) is 11.6 Å². The summed E-state index contributed by atoms with van der Waals surface area (Å²) in [5.74, 6) is -0.441. The van der Waals surface area contributed by atoms with Gasteiger partial charge in [0.15, 0.2) is 4.88 Å². The number of imidazole rings is 1. The van der Waals surface area contributed by atoms with Crippen molar-refractivity contribution in [3.63, 3.8) is 0 Å². The maximum Gasteiger partial charge on any atom is 0.351 e. The van der Waals surface area contributed by atoms with Crippen molar-refractivity contribution in [1.82, 2.24) is 9.55 Å². The van der Waals surface area contributed by atoms with Crippen LogP contribution in [0.25, 0.3) is 16.0 Å². The Balaban J connectivity index is 2.06. The summed E-state index contributed by atoms with van der Waals surface area (Å²) in [7, 11) is 1.25. The Kier molecular flexibility index (Phi) is 7.55. The van der Waals surface area contributed by atoms with Crippen LogP contribution in [-0.4, -0.2) is 41.4 Å². The molecule has 0 saturated carbocycles. The predicted octanol–water partition coefficient (Wildman–Crippen LogP) is 5.78. The highest BCUT2D eigenvalue weighted by Gasteiger charge is 2.25. The summed E-state index contributed by atoms with van der Waals surface area (Å²) in [4.78, 5) is 28.1. The maximum atomic E-state index is 13.5. The molecule has 3 aromatic rings. The Morgan fingerprint density at radius 1 is 1.27 bits per heavy atom. The van der Waals surface area contributed by atoms with Crippen molar-refractivity contribution in [2.75, 3.05) is 7.11 Å². The van der Waals surface area contributed by atoms with Gasteiger partial charge < -0.3 is 9.47 Å². The van der Waals surface area contributed by atoms with Crippen LogP contribution in [0, 0.1) is 0 Å². The zero-order valence-electron chi connectivity index (χ0n) is 18.2. The SMILES string of the molecule is C=C/C=C(\C(=C/C)C(F)F)C(C)Oc1cc(-n2cnc3ccc(C=O)cc32)sc1C(=O)OC. The van der Waals surface area contributed by atoms with Crippen molar-refractivity contribution < 1.29 is 27.8 Å². The molecule has 6 nitrogen and oxygen atoms in total. The number of thiophene rings is 1. The molecule has 0 N–H and O–H groups in total. The van der Waals surface area contributed by atoms with E-state index in [4.69, 9.17) is 9.47 Å². The van der Waals surface area contributed by atoms with Crippen molar-refractivity contribution in [2.45, 2.75) is 26.4 Å². The van der Waals surface area contributed by atoms with E-state index in [0.29, 0.717) is 21.6 Å². The summed E-state index contributed by atoms with van der Waals surface area (Å²) >= 11 is 1.10. The number of ether oxygens (including phenoxy) is 2. The lowest BCUT2D eigenvalue weighted by Crippen LogP contribution is -2.20. The van der Waals surface area contributed by atoms with Gasteiger partial charge in [0.25, 0.3) is 6.43 Å². The number of halogens is 2. The molecule has 0 aliphatic heterocycles. The molecule has 0 saturated heterocycles. The fourth-order valence-corrected chi connectivity index (χ4v) is 4.34. The van der Waals surface area contributed by atoms with Crippen molar-refractivity contribution in [1.29, 1.82) is 0 Å². The number of rotatable bonds is 9. The average Bonchev–Trinajstić information content (AvgIpc) is 3.41. The van der Waals surface area contributed by atoms with Crippen LogP contribution in [0.5, 0.6) is 5.75 Å². The minimum atomic E-state index is -2.70. The number of benzene rings is 1. The molecular weight excluding hydrogens is 450 g/mol. The van der Waals surface area contributed by atoms with Gasteiger partial charge in [-0.1, -0.05) is 24.8 Å². The van der Waals surface area contributed by atoms with Gasteiger partial charge >= 0.3 is 5.97 Å². The molecule has 2 aromatic heterocycles. The van der Waals surface area contributed by atoms with E-state index in [-0.39, 0.29) is 21.8 Å². The smallest absolute Gasteiger partial charge is 0.351 e. The zero-order valence-corrected chi connectivity index (χ0v) is 19.1. The Morgan fingerprint density at radius 2 is 2.03 bits per heavy atom. The highest BCUT2D eigenvalue weighted by molar-refractivity contribution is 7.16. The van der Waals surface area contributed by atoms with Crippen molar-refractivity contribution >= 4 is 34.6 Å². The van der Waals surface area contributed by atoms with Gasteiger partial charge in [0.1, 0.15) is 29.5 Å². The van der Waals surface area contributed by atoms with Crippen LogP contribution in [0.2, 0.25) is 0 Å². The summed E-state index contributed by atoms with van der Waals surface area (Å²) in [5.41, 5.74) is 1.87. The standard InChI is InChI=1S/C24H22F2N2O4S/c1-5-7-17(16(6-2)23(25)26)14(3)32-20-11-21(33-22(20)24(30)31-4)28-13-27-18-9-8-15(12-29)10-19(18)28/h5-14,23H,1H2,2-4H3/b16-6+,17-7-. The summed E-state index contributed by atoms with van der Waals surface area (Å²) < 4.78 is 39.6. The molecule has 1 aromatic carbocycles. The van der Waals surface area contributed by atoms with Crippen LogP contribution in [0.4, 0.5) is 8.78 Å². The average molecular weight is 473 g/mol. The number of esters is 1. The maximum absolute atomic E-state index is 13.5. The minimum Gasteiger partial charge on any atom is -0.484 e. The highest BCUT2D eigenvalue weighted by atomic mass is 32.1. The van der Waals surface area contributed by atoms with E-state index in [1.54, 1.807) is 42.1 Å². The first-order valence-electron chi connectivity index (χ1n) is 9.93. The quantitative estimate of drug-likeness (QED) is 0.224. The van der Waals surface area contributed by atoms with E-state index in [9.17, 15) is 18.4 Å². The highest BCUT2D eigenvalue weighted by Crippen LogP contribution is 2.36. The zero-order chi connectivity index (χ0) is 24.1. The van der Waals surface area contributed by atoms with Crippen LogP contribution < -0.4 is 4.74 Å². The molecule has 0 aliphatic carbocycles. The van der Waals surface area contributed by atoms with E-state index >= 15 is 0 Å². The first-order chi connectivity index (χ1) is 15.8. The van der Waals surface area contributed by atoms with E-state index in [1.165, 1.54) is 32.3 Å². The van der Waals surface area contributed by atoms with Crippen LogP contribution in [0.15, 0.2) is 66.5 Å². The fraction of sp³-hybridized carbons (Fsp3) is 0.208. The molecule has 9 heteroatoms. The molecule has 2 heterocycles. The van der Waals surface area contributed by atoms with Gasteiger partial charge in [-0.2, -0.15) is 0 Å². The summed E-state index contributed by atoms with van der Waals surface area (Å²) in [5, 5.41) is 0.581. The van der Waals surface area contributed by atoms with E-state index in [1.807, 2.05) is 0 Å². The lowest BCUT2D eigenvalue weighted by Gasteiger charge is -2.20. The lowest BCUT2D eigenvalue weighted by molar-refractivity contribution is 0.0600. The molecule has 1 atom stereocenters. The van der Waals surface area contributed by atoms with Crippen molar-refractivity contribution in [2.24, 2.45) is 0 Å². The third-order valence-electron chi connectivity index (χ3n) is 4.92. The van der Waals surface area contributed by atoms with Crippen LogP contribution >= 0.6 is 11.3 Å². The van der Waals surface area contributed by atoms with E-state index in [0.717, 1.165) is 17.6 Å². The fourth-order valence-electron chi connectivity index (χ4n) is 3.34. The van der Waals surface area contributed by atoms with Gasteiger partial charge in [-0.15, -0.1) is 11.3 Å². The molecule has 1 unspecified atom stereocenters. The van der Waals surface area contributed by atoms with Gasteiger partial charge in [0.2, 0.25) is 0 Å². The lowest BCUT2D eigenvalue weighted by atomic mass is 10.0. The second kappa shape index (κ2) is 10.4. The third kappa shape index (κ3) is 4.93. The second-order valence-corrected chi connectivity index (χ2v) is 7.94. The van der Waals surface area contributed by atoms with Crippen LogP contribution in [0.3, 0.4) is 0 Å². The molecule has 33 heavy (non-hydrogen) atoms. The number of allylic oxidation sites excluding steroid dienone is 3. The first kappa shape index (κ1) is 24.1. The number of carbonyl (C=O) groups is 2. The number of nitrogens with zero attached hydrogens (tertiary/aromatic N) is 2.